The minimum Gasteiger partial charge on any atom is -0.478 e. The van der Waals surface area contributed by atoms with E-state index in [4.69, 9.17) is 4.43 Å². The van der Waals surface area contributed by atoms with Crippen molar-refractivity contribution in [1.29, 1.82) is 0 Å². The average Bonchev–Trinajstić information content (AvgIpc) is 2.34. The Morgan fingerprint density at radius 3 is 2.25 bits per heavy atom. The van der Waals surface area contributed by atoms with Crippen molar-refractivity contribution in [3.05, 3.63) is 41.5 Å². The van der Waals surface area contributed by atoms with Crippen LogP contribution < -0.4 is 0 Å². The molecule has 0 atom stereocenters. The normalized spacial score (nSPS) is 13.3. The highest BCUT2D eigenvalue weighted by molar-refractivity contribution is 6.74. The van der Waals surface area contributed by atoms with Crippen LogP contribution in [0.1, 0.15) is 26.3 Å². The second kappa shape index (κ2) is 6.37. The molecular formula is C16H24O3Si. The van der Waals surface area contributed by atoms with Gasteiger partial charge in [0, 0.05) is 0 Å². The maximum absolute atomic E-state index is 11.3. The molecule has 4 heteroatoms. The number of carbonyl (C=O) groups is 1. The summed E-state index contributed by atoms with van der Waals surface area (Å²) in [6, 6.07) is 9.45. The second-order valence-electron chi connectivity index (χ2n) is 6.43. The summed E-state index contributed by atoms with van der Waals surface area (Å²) in [4.78, 5) is 11.3. The average molecular weight is 292 g/mol. The van der Waals surface area contributed by atoms with Gasteiger partial charge in [-0.25, -0.2) is 4.79 Å². The molecule has 1 N–H and O–H groups in total. The van der Waals surface area contributed by atoms with Gasteiger partial charge in [-0.05, 0) is 29.8 Å². The topological polar surface area (TPSA) is 46.5 Å². The van der Waals surface area contributed by atoms with Crippen LogP contribution in [-0.2, 0) is 9.22 Å². The Labute approximate surface area is 122 Å². The molecule has 1 aromatic rings. The van der Waals surface area contributed by atoms with Crippen LogP contribution in [0.3, 0.4) is 0 Å². The first-order valence-electron chi connectivity index (χ1n) is 6.76. The first kappa shape index (κ1) is 16.7. The van der Waals surface area contributed by atoms with Crippen molar-refractivity contribution in [2.45, 2.75) is 38.9 Å². The highest BCUT2D eigenvalue weighted by atomic mass is 28.4. The lowest BCUT2D eigenvalue weighted by atomic mass is 10.1. The number of carboxylic acid groups (broad SMARTS) is 1. The highest BCUT2D eigenvalue weighted by Crippen LogP contribution is 2.36. The molecule has 0 aliphatic rings. The van der Waals surface area contributed by atoms with E-state index in [1.54, 1.807) is 6.08 Å². The largest absolute Gasteiger partial charge is 0.478 e. The van der Waals surface area contributed by atoms with E-state index in [9.17, 15) is 9.90 Å². The Morgan fingerprint density at radius 1 is 1.25 bits per heavy atom. The molecule has 0 spiro atoms. The zero-order chi connectivity index (χ0) is 15.4. The molecule has 20 heavy (non-hydrogen) atoms. The summed E-state index contributed by atoms with van der Waals surface area (Å²) in [6.45, 7) is 10.8. The van der Waals surface area contributed by atoms with Gasteiger partial charge in [-0.15, -0.1) is 0 Å². The maximum Gasteiger partial charge on any atom is 0.333 e. The zero-order valence-electron chi connectivity index (χ0n) is 12.9. The fourth-order valence-corrected chi connectivity index (χ4v) is 2.34. The van der Waals surface area contributed by atoms with Crippen LogP contribution in [0.15, 0.2) is 35.9 Å². The van der Waals surface area contributed by atoms with E-state index in [-0.39, 0.29) is 11.6 Å². The number of hydrogen-bond donors (Lipinski definition) is 1. The Balaban J connectivity index is 2.86. The lowest BCUT2D eigenvalue weighted by Crippen LogP contribution is -2.41. The van der Waals surface area contributed by atoms with Crippen molar-refractivity contribution in [3.8, 4) is 0 Å². The molecule has 110 valence electrons. The van der Waals surface area contributed by atoms with Gasteiger partial charge in [0.15, 0.2) is 8.32 Å². The van der Waals surface area contributed by atoms with E-state index in [0.717, 1.165) is 5.56 Å². The molecule has 0 aromatic heterocycles. The molecule has 1 aromatic carbocycles. The van der Waals surface area contributed by atoms with Gasteiger partial charge in [0.1, 0.15) is 0 Å². The summed E-state index contributed by atoms with van der Waals surface area (Å²) in [6.07, 6.45) is 1.68. The molecule has 0 fully saturated rings. The fraction of sp³-hybridized carbons (Fsp3) is 0.438. The molecule has 0 aliphatic heterocycles. The van der Waals surface area contributed by atoms with Gasteiger partial charge in [0.2, 0.25) is 0 Å². The first-order valence-corrected chi connectivity index (χ1v) is 9.67. The summed E-state index contributed by atoms with van der Waals surface area (Å²) in [5, 5.41) is 9.37. The van der Waals surface area contributed by atoms with Gasteiger partial charge in [0.25, 0.3) is 0 Å². The molecule has 0 bridgehead atoms. The van der Waals surface area contributed by atoms with Gasteiger partial charge in [-0.3, -0.25) is 0 Å². The Hall–Kier alpha value is -1.39. The monoisotopic (exact) mass is 292 g/mol. The predicted octanol–water partition coefficient (Wildman–Crippen LogP) is 4.18. The number of hydrogen-bond acceptors (Lipinski definition) is 2. The molecule has 1 rings (SSSR count). The minimum absolute atomic E-state index is 0.0728. The lowest BCUT2D eigenvalue weighted by molar-refractivity contribution is -0.132. The van der Waals surface area contributed by atoms with Gasteiger partial charge < -0.3 is 9.53 Å². The minimum atomic E-state index is -1.93. The Kier molecular flexibility index (Phi) is 5.31. The third-order valence-corrected chi connectivity index (χ3v) is 8.29. The molecule has 0 aliphatic carbocycles. The van der Waals surface area contributed by atoms with Gasteiger partial charge in [-0.1, -0.05) is 51.1 Å². The Bertz CT molecular complexity index is 484. The van der Waals surface area contributed by atoms with Crippen LogP contribution in [0.25, 0.3) is 6.08 Å². The van der Waals surface area contributed by atoms with Crippen LogP contribution in [-0.4, -0.2) is 26.0 Å². The van der Waals surface area contributed by atoms with E-state index >= 15 is 0 Å². The van der Waals surface area contributed by atoms with Crippen LogP contribution in [0.4, 0.5) is 0 Å². The number of aliphatic carboxylic acids is 1. The standard InChI is InChI=1S/C16H24O3Si/c1-16(2,3)20(4,5)19-12-14(15(17)18)11-13-9-7-6-8-10-13/h6-11H,12H2,1-5H3,(H,17,18)/b14-11+. The van der Waals surface area contributed by atoms with Crippen molar-refractivity contribution >= 4 is 20.4 Å². The van der Waals surface area contributed by atoms with Crippen LogP contribution in [0.2, 0.25) is 18.1 Å². The molecule has 0 unspecified atom stereocenters. The molecule has 0 radical (unpaired) electrons. The summed E-state index contributed by atoms with van der Waals surface area (Å²) < 4.78 is 5.98. The molecule has 0 saturated heterocycles. The summed E-state index contributed by atoms with van der Waals surface area (Å²) in [5.41, 5.74) is 1.17. The molecule has 0 saturated carbocycles. The second-order valence-corrected chi connectivity index (χ2v) is 11.2. The number of rotatable bonds is 5. The lowest BCUT2D eigenvalue weighted by Gasteiger charge is -2.36. The SMILES string of the molecule is CC(C)(C)[Si](C)(C)OC/C(=C\c1ccccc1)C(=O)O. The van der Waals surface area contributed by atoms with E-state index in [0.29, 0.717) is 5.57 Å². The van der Waals surface area contributed by atoms with Crippen molar-refractivity contribution < 1.29 is 14.3 Å². The van der Waals surface area contributed by atoms with Crippen molar-refractivity contribution in [1.82, 2.24) is 0 Å². The molecule has 0 amide bonds. The molecule has 0 heterocycles. The van der Waals surface area contributed by atoms with Crippen LogP contribution >= 0.6 is 0 Å². The van der Waals surface area contributed by atoms with Gasteiger partial charge in [-0.2, -0.15) is 0 Å². The van der Waals surface area contributed by atoms with Crippen LogP contribution in [0.5, 0.6) is 0 Å². The van der Waals surface area contributed by atoms with E-state index in [1.165, 1.54) is 0 Å². The van der Waals surface area contributed by atoms with Crippen LogP contribution in [0, 0.1) is 0 Å². The first-order chi connectivity index (χ1) is 9.13. The third-order valence-electron chi connectivity index (χ3n) is 3.81. The fourth-order valence-electron chi connectivity index (χ4n) is 1.39. The summed E-state index contributed by atoms with van der Waals surface area (Å²) >= 11 is 0. The molecular weight excluding hydrogens is 268 g/mol. The summed E-state index contributed by atoms with van der Waals surface area (Å²) in [7, 11) is -1.93. The van der Waals surface area contributed by atoms with E-state index in [2.05, 4.69) is 33.9 Å². The van der Waals surface area contributed by atoms with Gasteiger partial charge in [0.05, 0.1) is 12.2 Å². The number of carboxylic acids is 1. The smallest absolute Gasteiger partial charge is 0.333 e. The zero-order valence-corrected chi connectivity index (χ0v) is 13.9. The summed E-state index contributed by atoms with van der Waals surface area (Å²) in [5.74, 6) is -0.924. The van der Waals surface area contributed by atoms with E-state index in [1.807, 2.05) is 30.3 Å². The molecule has 3 nitrogen and oxygen atoms in total. The highest BCUT2D eigenvalue weighted by Gasteiger charge is 2.37. The number of benzene rings is 1. The maximum atomic E-state index is 11.3. The quantitative estimate of drug-likeness (QED) is 0.654. The Morgan fingerprint density at radius 2 is 1.80 bits per heavy atom. The van der Waals surface area contributed by atoms with Crippen molar-refractivity contribution in [2.75, 3.05) is 6.61 Å². The van der Waals surface area contributed by atoms with Crippen molar-refractivity contribution in [3.63, 3.8) is 0 Å². The van der Waals surface area contributed by atoms with Crippen molar-refractivity contribution in [2.24, 2.45) is 0 Å². The van der Waals surface area contributed by atoms with E-state index < -0.39 is 14.3 Å². The third kappa shape index (κ3) is 4.61. The predicted molar refractivity (Wildman–Crippen MR) is 85.2 cm³/mol. The van der Waals surface area contributed by atoms with Gasteiger partial charge >= 0.3 is 5.97 Å².